The van der Waals surface area contributed by atoms with Crippen LogP contribution in [0.2, 0.25) is 9.49 Å². The number of aryl methyl sites for hydroxylation is 1. The summed E-state index contributed by atoms with van der Waals surface area (Å²) in [5.41, 5.74) is 0.851. The van der Waals surface area contributed by atoms with Crippen molar-refractivity contribution in [2.75, 3.05) is 0 Å². The molecular formula is C9H6Cl2N2S. The Labute approximate surface area is 95.5 Å². The lowest BCUT2D eigenvalue weighted by Crippen LogP contribution is -1.89. The predicted octanol–water partition coefficient (Wildman–Crippen LogP) is 3.82. The smallest absolute Gasteiger partial charge is 0.171 e. The van der Waals surface area contributed by atoms with Crippen LogP contribution in [0.25, 0.3) is 10.7 Å². The van der Waals surface area contributed by atoms with Gasteiger partial charge in [0.25, 0.3) is 0 Å². The second-order valence-electron chi connectivity index (χ2n) is 2.76. The molecule has 0 aliphatic carbocycles. The molecule has 0 atom stereocenters. The fourth-order valence-electron chi connectivity index (χ4n) is 1.07. The second-order valence-corrected chi connectivity index (χ2v) is 4.86. The van der Waals surface area contributed by atoms with Crippen molar-refractivity contribution in [2.45, 2.75) is 6.92 Å². The molecule has 0 N–H and O–H groups in total. The Morgan fingerprint density at radius 1 is 1.21 bits per heavy atom. The van der Waals surface area contributed by atoms with Crippen LogP contribution >= 0.6 is 34.5 Å². The lowest BCUT2D eigenvalue weighted by Gasteiger charge is -1.98. The number of halogens is 2. The van der Waals surface area contributed by atoms with Gasteiger partial charge in [0, 0.05) is 5.69 Å². The Morgan fingerprint density at radius 2 is 2.00 bits per heavy atom. The molecule has 2 aromatic heterocycles. The highest BCUT2D eigenvalue weighted by molar-refractivity contribution is 7.19. The van der Waals surface area contributed by atoms with Crippen LogP contribution in [0.1, 0.15) is 5.69 Å². The first kappa shape index (κ1) is 9.90. The maximum atomic E-state index is 5.83. The van der Waals surface area contributed by atoms with Gasteiger partial charge in [-0.1, -0.05) is 23.2 Å². The minimum Gasteiger partial charge on any atom is -0.233 e. The van der Waals surface area contributed by atoms with Gasteiger partial charge in [-0.15, -0.1) is 11.3 Å². The molecule has 0 saturated carbocycles. The summed E-state index contributed by atoms with van der Waals surface area (Å²) in [7, 11) is 0. The number of nitrogens with zero attached hydrogens (tertiary/aromatic N) is 2. The van der Waals surface area contributed by atoms with Crippen molar-refractivity contribution in [3.05, 3.63) is 33.4 Å². The van der Waals surface area contributed by atoms with Gasteiger partial charge in [-0.25, -0.2) is 9.97 Å². The average molecular weight is 245 g/mol. The van der Waals surface area contributed by atoms with Gasteiger partial charge in [-0.2, -0.15) is 0 Å². The van der Waals surface area contributed by atoms with E-state index in [0.717, 1.165) is 14.9 Å². The Kier molecular flexibility index (Phi) is 2.72. The highest BCUT2D eigenvalue weighted by Gasteiger charge is 2.06. The van der Waals surface area contributed by atoms with E-state index in [9.17, 15) is 0 Å². The van der Waals surface area contributed by atoms with Crippen molar-refractivity contribution in [2.24, 2.45) is 0 Å². The van der Waals surface area contributed by atoms with Crippen LogP contribution in [-0.4, -0.2) is 9.97 Å². The molecule has 0 aliphatic rings. The first-order valence-corrected chi connectivity index (χ1v) is 5.49. The van der Waals surface area contributed by atoms with E-state index in [2.05, 4.69) is 9.97 Å². The monoisotopic (exact) mass is 244 g/mol. The zero-order valence-electron chi connectivity index (χ0n) is 7.29. The van der Waals surface area contributed by atoms with Crippen LogP contribution in [0.3, 0.4) is 0 Å². The van der Waals surface area contributed by atoms with Gasteiger partial charge in [0.05, 0.1) is 9.21 Å². The van der Waals surface area contributed by atoms with Crippen molar-refractivity contribution >= 4 is 34.5 Å². The van der Waals surface area contributed by atoms with Crippen LogP contribution < -0.4 is 0 Å². The lowest BCUT2D eigenvalue weighted by molar-refractivity contribution is 1.12. The third kappa shape index (κ3) is 2.05. The Morgan fingerprint density at radius 3 is 2.57 bits per heavy atom. The van der Waals surface area contributed by atoms with E-state index < -0.39 is 0 Å². The third-order valence-corrected chi connectivity index (χ3v) is 3.04. The molecule has 0 aromatic carbocycles. The molecule has 72 valence electrons. The average Bonchev–Trinajstić information content (AvgIpc) is 2.50. The normalized spacial score (nSPS) is 10.5. The van der Waals surface area contributed by atoms with Gasteiger partial charge < -0.3 is 0 Å². The van der Waals surface area contributed by atoms with Gasteiger partial charge in [0.2, 0.25) is 0 Å². The Hall–Kier alpha value is -0.640. The Balaban J connectivity index is 2.51. The molecule has 0 radical (unpaired) electrons. The molecule has 2 heterocycles. The van der Waals surface area contributed by atoms with Gasteiger partial charge in [-0.3, -0.25) is 0 Å². The van der Waals surface area contributed by atoms with Crippen molar-refractivity contribution in [3.63, 3.8) is 0 Å². The summed E-state index contributed by atoms with van der Waals surface area (Å²) < 4.78 is 0.723. The second kappa shape index (κ2) is 3.85. The van der Waals surface area contributed by atoms with E-state index in [0.29, 0.717) is 11.0 Å². The summed E-state index contributed by atoms with van der Waals surface area (Å²) in [6, 6.07) is 5.43. The Bertz CT molecular complexity index is 447. The van der Waals surface area contributed by atoms with Crippen LogP contribution in [0.5, 0.6) is 0 Å². The largest absolute Gasteiger partial charge is 0.233 e. The van der Waals surface area contributed by atoms with Gasteiger partial charge >= 0.3 is 0 Å². The zero-order valence-corrected chi connectivity index (χ0v) is 9.62. The van der Waals surface area contributed by atoms with E-state index in [1.165, 1.54) is 11.3 Å². The topological polar surface area (TPSA) is 25.8 Å². The molecule has 5 heteroatoms. The maximum Gasteiger partial charge on any atom is 0.171 e. The summed E-state index contributed by atoms with van der Waals surface area (Å²) in [4.78, 5) is 9.33. The van der Waals surface area contributed by atoms with Crippen LogP contribution in [0.4, 0.5) is 0 Å². The van der Waals surface area contributed by atoms with Crippen molar-refractivity contribution in [3.8, 4) is 10.7 Å². The first-order chi connectivity index (χ1) is 6.65. The van der Waals surface area contributed by atoms with E-state index in [4.69, 9.17) is 23.2 Å². The van der Waals surface area contributed by atoms with E-state index in [1.807, 2.05) is 19.1 Å². The number of thiophene rings is 1. The fourth-order valence-corrected chi connectivity index (χ4v) is 2.29. The standard InChI is InChI=1S/C9H6Cl2N2S/c1-5-4-7(10)13-9(12-5)6-2-3-8(11)14-6/h2-4H,1H3. The minimum absolute atomic E-state index is 0.456. The molecule has 2 nitrogen and oxygen atoms in total. The van der Waals surface area contributed by atoms with Crippen molar-refractivity contribution < 1.29 is 0 Å². The van der Waals surface area contributed by atoms with E-state index >= 15 is 0 Å². The summed E-state index contributed by atoms with van der Waals surface area (Å²) in [5, 5.41) is 0.456. The molecular weight excluding hydrogens is 239 g/mol. The quantitative estimate of drug-likeness (QED) is 0.713. The molecule has 2 aromatic rings. The van der Waals surface area contributed by atoms with Gasteiger partial charge in [-0.05, 0) is 25.1 Å². The molecule has 2 rings (SSSR count). The maximum absolute atomic E-state index is 5.83. The molecule has 14 heavy (non-hydrogen) atoms. The number of rotatable bonds is 1. The molecule has 0 unspecified atom stereocenters. The van der Waals surface area contributed by atoms with E-state index in [1.54, 1.807) is 6.07 Å². The molecule has 0 aliphatic heterocycles. The fraction of sp³-hybridized carbons (Fsp3) is 0.111. The van der Waals surface area contributed by atoms with Gasteiger partial charge in [0.15, 0.2) is 5.82 Å². The SMILES string of the molecule is Cc1cc(Cl)nc(-c2ccc(Cl)s2)n1. The zero-order chi connectivity index (χ0) is 10.1. The summed E-state index contributed by atoms with van der Waals surface area (Å²) >= 11 is 13.1. The molecule has 0 fully saturated rings. The lowest BCUT2D eigenvalue weighted by atomic mass is 10.4. The van der Waals surface area contributed by atoms with Gasteiger partial charge in [0.1, 0.15) is 5.15 Å². The summed E-state index contributed by atoms with van der Waals surface area (Å²) in [6.45, 7) is 1.88. The highest BCUT2D eigenvalue weighted by atomic mass is 35.5. The molecule has 0 saturated heterocycles. The number of hydrogen-bond donors (Lipinski definition) is 0. The summed E-state index contributed by atoms with van der Waals surface area (Å²) in [5.74, 6) is 0.631. The number of hydrogen-bond acceptors (Lipinski definition) is 3. The number of aromatic nitrogens is 2. The highest BCUT2D eigenvalue weighted by Crippen LogP contribution is 2.29. The van der Waals surface area contributed by atoms with Crippen molar-refractivity contribution in [1.29, 1.82) is 0 Å². The van der Waals surface area contributed by atoms with Crippen LogP contribution in [-0.2, 0) is 0 Å². The molecule has 0 bridgehead atoms. The van der Waals surface area contributed by atoms with Crippen LogP contribution in [0, 0.1) is 6.92 Å². The van der Waals surface area contributed by atoms with Crippen molar-refractivity contribution in [1.82, 2.24) is 9.97 Å². The third-order valence-electron chi connectivity index (χ3n) is 1.62. The molecule has 0 spiro atoms. The molecule has 0 amide bonds. The van der Waals surface area contributed by atoms with Crippen LogP contribution in [0.15, 0.2) is 18.2 Å². The first-order valence-electron chi connectivity index (χ1n) is 3.92. The predicted molar refractivity (Wildman–Crippen MR) is 60.1 cm³/mol. The minimum atomic E-state index is 0.456. The summed E-state index contributed by atoms with van der Waals surface area (Å²) in [6.07, 6.45) is 0. The van der Waals surface area contributed by atoms with E-state index in [-0.39, 0.29) is 0 Å².